The topological polar surface area (TPSA) is 41.6 Å². The van der Waals surface area contributed by atoms with Crippen LogP contribution in [-0.2, 0) is 4.79 Å². The number of benzene rings is 2. The third-order valence-electron chi connectivity index (χ3n) is 5.66. The van der Waals surface area contributed by atoms with E-state index in [-0.39, 0.29) is 18.5 Å². The van der Waals surface area contributed by atoms with Crippen LogP contribution in [0.25, 0.3) is 10.8 Å². The second kappa shape index (κ2) is 10.8. The summed E-state index contributed by atoms with van der Waals surface area (Å²) in [6.45, 7) is 2.76. The number of carbonyl (C=O) groups excluding carboxylic acids is 1. The smallest absolute Gasteiger partial charge is 0.409 e. The van der Waals surface area contributed by atoms with Crippen molar-refractivity contribution in [2.75, 3.05) is 13.2 Å². The number of hydrazine groups is 1. The first-order valence-corrected chi connectivity index (χ1v) is 11.2. The highest BCUT2D eigenvalue weighted by atomic mass is 19.4. The highest BCUT2D eigenvalue weighted by Crippen LogP contribution is 2.40. The molecular formula is C24H31F3N2O2. The van der Waals surface area contributed by atoms with Gasteiger partial charge in [0.2, 0.25) is 5.91 Å². The Balaban J connectivity index is 1.71. The van der Waals surface area contributed by atoms with Gasteiger partial charge in [-0.3, -0.25) is 10.2 Å². The number of amides is 1. The zero-order valence-corrected chi connectivity index (χ0v) is 18.0. The second-order valence-corrected chi connectivity index (χ2v) is 8.13. The Morgan fingerprint density at radius 1 is 1.06 bits per heavy atom. The van der Waals surface area contributed by atoms with E-state index in [0.29, 0.717) is 17.7 Å². The molecule has 0 saturated carbocycles. The van der Waals surface area contributed by atoms with E-state index in [2.05, 4.69) is 12.3 Å². The molecular weight excluding hydrogens is 405 g/mol. The predicted molar refractivity (Wildman–Crippen MR) is 116 cm³/mol. The average Bonchev–Trinajstić information content (AvgIpc) is 3.14. The maximum atomic E-state index is 13.9. The number of fused-ring (bicyclic) bond motifs is 1. The number of hydrogen-bond acceptors (Lipinski definition) is 3. The van der Waals surface area contributed by atoms with Crippen molar-refractivity contribution in [1.82, 2.24) is 10.4 Å². The molecule has 3 rings (SSSR count). The van der Waals surface area contributed by atoms with Gasteiger partial charge in [-0.2, -0.15) is 13.2 Å². The Bertz CT molecular complexity index is 870. The zero-order valence-electron chi connectivity index (χ0n) is 18.0. The lowest BCUT2D eigenvalue weighted by molar-refractivity contribution is -0.191. The molecule has 1 aliphatic heterocycles. The fourth-order valence-electron chi connectivity index (χ4n) is 4.03. The Hall–Kier alpha value is -2.28. The highest BCUT2D eigenvalue weighted by Gasteiger charge is 2.47. The minimum atomic E-state index is -4.52. The molecule has 31 heavy (non-hydrogen) atoms. The normalized spacial score (nSPS) is 15.9. The maximum Gasteiger partial charge on any atom is 0.409 e. The summed E-state index contributed by atoms with van der Waals surface area (Å²) in [7, 11) is 0. The van der Waals surface area contributed by atoms with Crippen LogP contribution in [0.2, 0.25) is 0 Å². The van der Waals surface area contributed by atoms with E-state index >= 15 is 0 Å². The van der Waals surface area contributed by atoms with Crippen LogP contribution in [0.4, 0.5) is 13.2 Å². The summed E-state index contributed by atoms with van der Waals surface area (Å²) in [5.74, 6) is 0.200. The van der Waals surface area contributed by atoms with Crippen LogP contribution in [-0.4, -0.2) is 30.2 Å². The molecule has 0 aromatic heterocycles. The summed E-state index contributed by atoms with van der Waals surface area (Å²) in [5.41, 5.74) is 2.42. The number of hydrogen-bond donors (Lipinski definition) is 1. The van der Waals surface area contributed by atoms with Gasteiger partial charge in [0, 0.05) is 18.4 Å². The molecule has 2 aromatic carbocycles. The first-order valence-electron chi connectivity index (χ1n) is 11.2. The largest absolute Gasteiger partial charge is 0.493 e. The molecule has 0 bridgehead atoms. The van der Waals surface area contributed by atoms with E-state index in [4.69, 9.17) is 4.74 Å². The summed E-state index contributed by atoms with van der Waals surface area (Å²) < 4.78 is 47.5. The molecule has 1 amide bonds. The average molecular weight is 437 g/mol. The Morgan fingerprint density at radius 3 is 2.48 bits per heavy atom. The van der Waals surface area contributed by atoms with Gasteiger partial charge in [-0.1, -0.05) is 69.7 Å². The summed E-state index contributed by atoms with van der Waals surface area (Å²) in [4.78, 5) is 11.5. The van der Waals surface area contributed by atoms with E-state index < -0.39 is 18.1 Å². The fraction of sp³-hybridized carbons (Fsp3) is 0.542. The number of rotatable bonds is 11. The van der Waals surface area contributed by atoms with Gasteiger partial charge in [0.1, 0.15) is 11.8 Å². The second-order valence-electron chi connectivity index (χ2n) is 8.13. The highest BCUT2D eigenvalue weighted by molar-refractivity contribution is 5.89. The molecule has 0 aliphatic carbocycles. The van der Waals surface area contributed by atoms with E-state index in [1.807, 2.05) is 12.1 Å². The molecule has 1 N–H and O–H groups in total. The van der Waals surface area contributed by atoms with Crippen molar-refractivity contribution in [2.45, 2.75) is 70.5 Å². The third kappa shape index (κ3) is 6.35. The molecule has 4 nitrogen and oxygen atoms in total. The molecule has 1 saturated heterocycles. The van der Waals surface area contributed by atoms with Crippen LogP contribution in [0.15, 0.2) is 36.4 Å². The molecule has 2 aromatic rings. The van der Waals surface area contributed by atoms with Crippen molar-refractivity contribution in [3.05, 3.63) is 42.0 Å². The molecule has 1 unspecified atom stereocenters. The number of halogens is 3. The SMILES string of the molecule is CCCCCCCCCOc1cccc2ccc(C(N3CCC(=O)N3)C(F)(F)F)cc12. The maximum absolute atomic E-state index is 13.9. The molecule has 1 aliphatic rings. The van der Waals surface area contributed by atoms with E-state index in [1.165, 1.54) is 44.2 Å². The first-order chi connectivity index (χ1) is 14.9. The quantitative estimate of drug-likeness (QED) is 0.420. The first kappa shape index (κ1) is 23.4. The van der Waals surface area contributed by atoms with Gasteiger partial charge in [-0.25, -0.2) is 5.01 Å². The van der Waals surface area contributed by atoms with Crippen LogP contribution in [0, 0.1) is 0 Å². The predicted octanol–water partition coefficient (Wildman–Crippen LogP) is 6.31. The van der Waals surface area contributed by atoms with Crippen molar-refractivity contribution in [3.8, 4) is 5.75 Å². The van der Waals surface area contributed by atoms with E-state index in [0.717, 1.165) is 23.2 Å². The van der Waals surface area contributed by atoms with E-state index in [9.17, 15) is 18.0 Å². The van der Waals surface area contributed by atoms with Crippen LogP contribution in [0.1, 0.15) is 69.9 Å². The van der Waals surface area contributed by atoms with Gasteiger partial charge in [-0.05, 0) is 29.5 Å². The number of nitrogens with one attached hydrogen (secondary N) is 1. The molecule has 1 fully saturated rings. The summed E-state index contributed by atoms with van der Waals surface area (Å²) in [6, 6.07) is 8.32. The number of nitrogens with zero attached hydrogens (tertiary/aromatic N) is 1. The van der Waals surface area contributed by atoms with Gasteiger partial charge in [0.25, 0.3) is 0 Å². The minimum absolute atomic E-state index is 0.0252. The number of alkyl halides is 3. The van der Waals surface area contributed by atoms with Crippen molar-refractivity contribution in [1.29, 1.82) is 0 Å². The van der Waals surface area contributed by atoms with Gasteiger partial charge < -0.3 is 4.74 Å². The molecule has 0 spiro atoms. The molecule has 1 atom stereocenters. The van der Waals surface area contributed by atoms with Crippen molar-refractivity contribution in [2.24, 2.45) is 0 Å². The summed E-state index contributed by atoms with van der Waals surface area (Å²) >= 11 is 0. The molecule has 1 heterocycles. The number of ether oxygens (including phenoxy) is 1. The molecule has 170 valence electrons. The van der Waals surface area contributed by atoms with Crippen LogP contribution in [0.5, 0.6) is 5.75 Å². The van der Waals surface area contributed by atoms with Crippen molar-refractivity contribution >= 4 is 16.7 Å². The summed E-state index contributed by atoms with van der Waals surface area (Å²) in [5, 5.41) is 2.46. The fourth-order valence-corrected chi connectivity index (χ4v) is 4.03. The van der Waals surface area contributed by atoms with Gasteiger partial charge in [0.15, 0.2) is 0 Å². The third-order valence-corrected chi connectivity index (χ3v) is 5.66. The number of carbonyl (C=O) groups is 1. The minimum Gasteiger partial charge on any atom is -0.493 e. The monoisotopic (exact) mass is 436 g/mol. The Morgan fingerprint density at radius 2 is 1.81 bits per heavy atom. The van der Waals surface area contributed by atoms with Gasteiger partial charge in [0.05, 0.1) is 6.61 Å². The lowest BCUT2D eigenvalue weighted by Gasteiger charge is -2.29. The van der Waals surface area contributed by atoms with Crippen LogP contribution >= 0.6 is 0 Å². The Labute approximate surface area is 181 Å². The standard InChI is InChI=1S/C24H31F3N2O2/c1-2-3-4-5-6-7-8-16-31-21-11-9-10-18-12-13-19(17-20(18)21)23(24(25,26)27)29-15-14-22(30)28-29/h9-13,17,23H,2-8,14-16H2,1H3,(H,28,30). The molecule has 0 radical (unpaired) electrons. The Kier molecular flexibility index (Phi) is 8.18. The van der Waals surface area contributed by atoms with E-state index in [1.54, 1.807) is 12.1 Å². The zero-order chi connectivity index (χ0) is 22.3. The lowest BCUT2D eigenvalue weighted by atomic mass is 10.0. The lowest BCUT2D eigenvalue weighted by Crippen LogP contribution is -2.43. The van der Waals surface area contributed by atoms with Crippen molar-refractivity contribution in [3.63, 3.8) is 0 Å². The van der Waals surface area contributed by atoms with Gasteiger partial charge in [-0.15, -0.1) is 0 Å². The number of unbranched alkanes of at least 4 members (excludes halogenated alkanes) is 6. The summed E-state index contributed by atoms with van der Waals surface area (Å²) in [6.07, 6.45) is 3.74. The molecule has 7 heteroatoms. The van der Waals surface area contributed by atoms with Gasteiger partial charge >= 0.3 is 6.18 Å². The van der Waals surface area contributed by atoms with Crippen molar-refractivity contribution < 1.29 is 22.7 Å². The van der Waals surface area contributed by atoms with Crippen LogP contribution in [0.3, 0.4) is 0 Å². The van der Waals surface area contributed by atoms with Crippen LogP contribution < -0.4 is 10.2 Å².